The Hall–Kier alpha value is -1.55. The van der Waals surface area contributed by atoms with Crippen LogP contribution in [0.5, 0.6) is 5.75 Å². The van der Waals surface area contributed by atoms with Gasteiger partial charge in [0.05, 0.1) is 12.6 Å². The fraction of sp³-hybridized carbons (Fsp3) is 0.308. The molecule has 0 saturated heterocycles. The van der Waals surface area contributed by atoms with Gasteiger partial charge >= 0.3 is 0 Å². The van der Waals surface area contributed by atoms with Gasteiger partial charge in [-0.1, -0.05) is 12.1 Å². The van der Waals surface area contributed by atoms with Crippen molar-refractivity contribution in [3.8, 4) is 5.75 Å². The maximum Gasteiger partial charge on any atom is 0.183 e. The smallest absolute Gasteiger partial charge is 0.183 e. The third kappa shape index (κ3) is 3.20. The fourth-order valence-electron chi connectivity index (χ4n) is 1.58. The molecule has 3 nitrogen and oxygen atoms in total. The van der Waals surface area contributed by atoms with Gasteiger partial charge in [0.15, 0.2) is 5.13 Å². The third-order valence-corrected chi connectivity index (χ3v) is 3.17. The first-order valence-electron chi connectivity index (χ1n) is 5.68. The van der Waals surface area contributed by atoms with E-state index in [1.54, 1.807) is 17.5 Å². The average Bonchev–Trinajstić information content (AvgIpc) is 2.83. The van der Waals surface area contributed by atoms with Crippen molar-refractivity contribution < 1.29 is 4.74 Å². The molecule has 17 heavy (non-hydrogen) atoms. The van der Waals surface area contributed by atoms with Crippen LogP contribution in [0.3, 0.4) is 0 Å². The topological polar surface area (TPSA) is 34.1 Å². The minimum Gasteiger partial charge on any atom is -0.494 e. The monoisotopic (exact) mass is 248 g/mol. The number of nitrogens with one attached hydrogen (secondary N) is 1. The van der Waals surface area contributed by atoms with Gasteiger partial charge in [0.25, 0.3) is 0 Å². The lowest BCUT2D eigenvalue weighted by Gasteiger charge is -2.13. The molecule has 1 heterocycles. The van der Waals surface area contributed by atoms with E-state index in [0.717, 1.165) is 10.9 Å². The van der Waals surface area contributed by atoms with Crippen LogP contribution in [0.25, 0.3) is 0 Å². The van der Waals surface area contributed by atoms with E-state index in [9.17, 15) is 0 Å². The van der Waals surface area contributed by atoms with Crippen LogP contribution in [0.2, 0.25) is 0 Å². The predicted octanol–water partition coefficient (Wildman–Crippen LogP) is 3.71. The summed E-state index contributed by atoms with van der Waals surface area (Å²) in [6, 6.07) is 8.40. The highest BCUT2D eigenvalue weighted by molar-refractivity contribution is 7.13. The van der Waals surface area contributed by atoms with Gasteiger partial charge in [-0.25, -0.2) is 4.98 Å². The van der Waals surface area contributed by atoms with Crippen LogP contribution >= 0.6 is 11.3 Å². The van der Waals surface area contributed by atoms with Gasteiger partial charge in [-0.3, -0.25) is 0 Å². The summed E-state index contributed by atoms with van der Waals surface area (Å²) in [5.41, 5.74) is 1.23. The number of rotatable bonds is 5. The van der Waals surface area contributed by atoms with Crippen LogP contribution in [0, 0.1) is 0 Å². The predicted molar refractivity (Wildman–Crippen MR) is 71.8 cm³/mol. The minimum absolute atomic E-state index is 0.247. The molecule has 0 amide bonds. The molecule has 1 N–H and O–H groups in total. The van der Waals surface area contributed by atoms with Gasteiger partial charge in [0, 0.05) is 11.6 Å². The highest BCUT2D eigenvalue weighted by Crippen LogP contribution is 2.22. The SMILES string of the molecule is CCOc1ccc(C(C)Nc2nccs2)cc1. The number of thiazole rings is 1. The summed E-state index contributed by atoms with van der Waals surface area (Å²) in [7, 11) is 0. The first-order valence-corrected chi connectivity index (χ1v) is 6.56. The molecule has 0 saturated carbocycles. The van der Waals surface area contributed by atoms with Crippen LogP contribution in [-0.2, 0) is 0 Å². The standard InChI is InChI=1S/C13H16N2OS/c1-3-16-12-6-4-11(5-7-12)10(2)15-13-14-8-9-17-13/h4-10H,3H2,1-2H3,(H,14,15). The molecule has 2 rings (SSSR count). The molecule has 2 aromatic rings. The minimum atomic E-state index is 0.247. The maximum absolute atomic E-state index is 5.42. The molecular weight excluding hydrogens is 232 g/mol. The summed E-state index contributed by atoms with van der Waals surface area (Å²) < 4.78 is 5.42. The van der Waals surface area contributed by atoms with Gasteiger partial charge < -0.3 is 10.1 Å². The highest BCUT2D eigenvalue weighted by Gasteiger charge is 2.06. The molecule has 0 bridgehead atoms. The van der Waals surface area contributed by atoms with Crippen LogP contribution in [0.15, 0.2) is 35.8 Å². The Morgan fingerprint density at radius 1 is 1.35 bits per heavy atom. The summed E-state index contributed by atoms with van der Waals surface area (Å²) in [6.45, 7) is 4.81. The van der Waals surface area contributed by atoms with E-state index < -0.39 is 0 Å². The molecule has 0 aliphatic rings. The van der Waals surface area contributed by atoms with Crippen LogP contribution in [0.1, 0.15) is 25.5 Å². The van der Waals surface area contributed by atoms with E-state index >= 15 is 0 Å². The van der Waals surface area contributed by atoms with Gasteiger partial charge in [0.2, 0.25) is 0 Å². The van der Waals surface area contributed by atoms with Gasteiger partial charge in [-0.15, -0.1) is 11.3 Å². The first kappa shape index (κ1) is 11.9. The molecule has 90 valence electrons. The number of aromatic nitrogens is 1. The van der Waals surface area contributed by atoms with E-state index in [1.807, 2.05) is 24.4 Å². The van der Waals surface area contributed by atoms with Crippen molar-refractivity contribution in [2.24, 2.45) is 0 Å². The van der Waals surface area contributed by atoms with Gasteiger partial charge in [-0.2, -0.15) is 0 Å². The van der Waals surface area contributed by atoms with Crippen LogP contribution in [-0.4, -0.2) is 11.6 Å². The van der Waals surface area contributed by atoms with E-state index in [0.29, 0.717) is 6.61 Å². The van der Waals surface area contributed by atoms with Crippen LogP contribution in [0.4, 0.5) is 5.13 Å². The number of ether oxygens (including phenoxy) is 1. The van der Waals surface area contributed by atoms with Crippen molar-refractivity contribution in [3.63, 3.8) is 0 Å². The summed E-state index contributed by atoms with van der Waals surface area (Å²) in [6.07, 6.45) is 1.80. The Balaban J connectivity index is 2.01. The molecular formula is C13H16N2OS. The summed E-state index contributed by atoms with van der Waals surface area (Å²) in [5, 5.41) is 6.27. The Labute approximate surface area is 105 Å². The Bertz CT molecular complexity index is 439. The normalized spacial score (nSPS) is 12.1. The fourth-order valence-corrected chi connectivity index (χ4v) is 2.20. The van der Waals surface area contributed by atoms with E-state index in [1.165, 1.54) is 5.56 Å². The molecule has 0 fully saturated rings. The average molecular weight is 248 g/mol. The molecule has 0 radical (unpaired) electrons. The third-order valence-electron chi connectivity index (χ3n) is 2.46. The van der Waals surface area contributed by atoms with Crippen molar-refractivity contribution in [1.29, 1.82) is 0 Å². The van der Waals surface area contributed by atoms with E-state index in [4.69, 9.17) is 4.74 Å². The lowest BCUT2D eigenvalue weighted by atomic mass is 10.1. The molecule has 0 aliphatic heterocycles. The largest absolute Gasteiger partial charge is 0.494 e. The van der Waals surface area contributed by atoms with E-state index in [2.05, 4.69) is 29.4 Å². The van der Waals surface area contributed by atoms with E-state index in [-0.39, 0.29) is 6.04 Å². The molecule has 1 atom stereocenters. The number of nitrogens with zero attached hydrogens (tertiary/aromatic N) is 1. The number of anilines is 1. The summed E-state index contributed by atoms with van der Waals surface area (Å²) in [4.78, 5) is 4.21. The molecule has 0 aliphatic carbocycles. The zero-order valence-corrected chi connectivity index (χ0v) is 10.8. The molecule has 1 aromatic carbocycles. The Morgan fingerprint density at radius 3 is 2.71 bits per heavy atom. The Morgan fingerprint density at radius 2 is 2.12 bits per heavy atom. The van der Waals surface area contributed by atoms with Crippen molar-refractivity contribution in [2.75, 3.05) is 11.9 Å². The van der Waals surface area contributed by atoms with Crippen LogP contribution < -0.4 is 10.1 Å². The Kier molecular flexibility index (Phi) is 3.98. The maximum atomic E-state index is 5.42. The van der Waals surface area contributed by atoms with Crippen molar-refractivity contribution >= 4 is 16.5 Å². The van der Waals surface area contributed by atoms with Gasteiger partial charge in [0.1, 0.15) is 5.75 Å². The second kappa shape index (κ2) is 5.68. The second-order valence-corrected chi connectivity index (χ2v) is 4.60. The van der Waals surface area contributed by atoms with Crippen molar-refractivity contribution in [3.05, 3.63) is 41.4 Å². The zero-order chi connectivity index (χ0) is 12.1. The molecule has 1 aromatic heterocycles. The number of benzene rings is 1. The molecule has 4 heteroatoms. The lowest BCUT2D eigenvalue weighted by molar-refractivity contribution is 0.340. The number of hydrogen-bond donors (Lipinski definition) is 1. The summed E-state index contributed by atoms with van der Waals surface area (Å²) in [5.74, 6) is 0.915. The quantitative estimate of drug-likeness (QED) is 0.875. The lowest BCUT2D eigenvalue weighted by Crippen LogP contribution is -2.06. The first-order chi connectivity index (χ1) is 8.29. The summed E-state index contributed by atoms with van der Waals surface area (Å²) >= 11 is 1.61. The zero-order valence-electron chi connectivity index (χ0n) is 10.0. The second-order valence-electron chi connectivity index (χ2n) is 3.71. The molecule has 1 unspecified atom stereocenters. The molecule has 0 spiro atoms. The van der Waals surface area contributed by atoms with Crippen molar-refractivity contribution in [2.45, 2.75) is 19.9 Å². The van der Waals surface area contributed by atoms with Gasteiger partial charge in [-0.05, 0) is 31.5 Å². The number of hydrogen-bond acceptors (Lipinski definition) is 4. The highest BCUT2D eigenvalue weighted by atomic mass is 32.1. The van der Waals surface area contributed by atoms with Crippen molar-refractivity contribution in [1.82, 2.24) is 4.98 Å².